The van der Waals surface area contributed by atoms with Crippen LogP contribution in [0.3, 0.4) is 0 Å². The molecule has 1 fully saturated rings. The number of benzene rings is 2. The van der Waals surface area contributed by atoms with E-state index in [0.717, 1.165) is 10.5 Å². The second-order valence-electron chi connectivity index (χ2n) is 6.01. The lowest BCUT2D eigenvalue weighted by atomic mass is 10.1. The number of amides is 4. The number of imide groups is 2. The molecule has 1 heterocycles. The van der Waals surface area contributed by atoms with Gasteiger partial charge in [-0.2, -0.15) is 0 Å². The molecule has 2 aromatic carbocycles. The third-order valence-corrected chi connectivity index (χ3v) is 4.73. The zero-order chi connectivity index (χ0) is 20.4. The first kappa shape index (κ1) is 19.9. The monoisotopic (exact) mass is 418 g/mol. The van der Waals surface area contributed by atoms with Crippen LogP contribution in [-0.4, -0.2) is 24.5 Å². The highest BCUT2D eigenvalue weighted by Crippen LogP contribution is 2.29. The van der Waals surface area contributed by atoms with Crippen molar-refractivity contribution in [2.24, 2.45) is 0 Å². The quantitative estimate of drug-likeness (QED) is 0.590. The van der Waals surface area contributed by atoms with E-state index in [1.54, 1.807) is 37.3 Å². The highest BCUT2D eigenvalue weighted by atomic mass is 35.5. The highest BCUT2D eigenvalue weighted by Gasteiger charge is 2.37. The number of rotatable bonds is 4. The first-order valence-electron chi connectivity index (χ1n) is 8.41. The van der Waals surface area contributed by atoms with Crippen LogP contribution in [0, 0.1) is 6.92 Å². The third-order valence-electron chi connectivity index (χ3n) is 4.09. The summed E-state index contributed by atoms with van der Waals surface area (Å²) in [5.74, 6) is -1.11. The van der Waals surface area contributed by atoms with Crippen LogP contribution in [0.25, 0.3) is 6.08 Å². The predicted molar refractivity (Wildman–Crippen MR) is 108 cm³/mol. The van der Waals surface area contributed by atoms with Crippen molar-refractivity contribution in [3.63, 3.8) is 0 Å². The fourth-order valence-electron chi connectivity index (χ4n) is 2.69. The minimum Gasteiger partial charge on any atom is -0.493 e. The molecule has 28 heavy (non-hydrogen) atoms. The summed E-state index contributed by atoms with van der Waals surface area (Å²) >= 11 is 12.2. The van der Waals surface area contributed by atoms with Gasteiger partial charge < -0.3 is 4.74 Å². The Kier molecular flexibility index (Phi) is 5.72. The number of aryl methyl sites for hydroxylation is 1. The van der Waals surface area contributed by atoms with Crippen molar-refractivity contribution in [3.8, 4) is 5.75 Å². The fourth-order valence-corrected chi connectivity index (χ4v) is 3.04. The molecule has 2 aromatic rings. The van der Waals surface area contributed by atoms with Crippen molar-refractivity contribution in [2.75, 3.05) is 11.5 Å². The van der Waals surface area contributed by atoms with Crippen molar-refractivity contribution in [1.29, 1.82) is 0 Å². The van der Waals surface area contributed by atoms with Gasteiger partial charge in [-0.3, -0.25) is 14.9 Å². The van der Waals surface area contributed by atoms with Gasteiger partial charge in [-0.05, 0) is 55.8 Å². The average Bonchev–Trinajstić information content (AvgIpc) is 2.63. The van der Waals surface area contributed by atoms with Crippen molar-refractivity contribution < 1.29 is 19.1 Å². The number of halogens is 2. The lowest BCUT2D eigenvalue weighted by Gasteiger charge is -2.26. The molecule has 0 bridgehead atoms. The molecule has 144 valence electrons. The number of carbonyl (C=O) groups excluding carboxylic acids is 3. The van der Waals surface area contributed by atoms with Gasteiger partial charge in [-0.25, -0.2) is 9.69 Å². The number of nitrogens with zero attached hydrogens (tertiary/aromatic N) is 1. The normalized spacial score (nSPS) is 15.8. The Morgan fingerprint density at radius 3 is 2.54 bits per heavy atom. The van der Waals surface area contributed by atoms with Gasteiger partial charge in [0.2, 0.25) is 0 Å². The summed E-state index contributed by atoms with van der Waals surface area (Å²) in [6.07, 6.45) is 1.35. The number of carbonyl (C=O) groups is 3. The molecule has 0 unspecified atom stereocenters. The lowest BCUT2D eigenvalue weighted by molar-refractivity contribution is -0.122. The molecule has 1 saturated heterocycles. The fraction of sp³-hybridized carbons (Fsp3) is 0.150. The summed E-state index contributed by atoms with van der Waals surface area (Å²) in [4.78, 5) is 38.4. The maximum atomic E-state index is 13.0. The maximum absolute atomic E-state index is 13.0. The van der Waals surface area contributed by atoms with E-state index in [2.05, 4.69) is 5.32 Å². The number of barbiturate groups is 1. The van der Waals surface area contributed by atoms with E-state index < -0.39 is 17.8 Å². The Bertz CT molecular complexity index is 1020. The van der Waals surface area contributed by atoms with E-state index in [1.807, 2.05) is 6.92 Å². The lowest BCUT2D eigenvalue weighted by Crippen LogP contribution is -2.54. The molecule has 0 atom stereocenters. The second-order valence-corrected chi connectivity index (χ2v) is 6.85. The van der Waals surface area contributed by atoms with Crippen LogP contribution in [0.2, 0.25) is 10.0 Å². The zero-order valence-corrected chi connectivity index (χ0v) is 16.6. The molecule has 1 aliphatic heterocycles. The molecule has 1 N–H and O–H groups in total. The maximum Gasteiger partial charge on any atom is 0.335 e. The van der Waals surface area contributed by atoms with Gasteiger partial charge in [-0.15, -0.1) is 0 Å². The smallest absolute Gasteiger partial charge is 0.335 e. The van der Waals surface area contributed by atoms with E-state index >= 15 is 0 Å². The Morgan fingerprint density at radius 1 is 1.11 bits per heavy atom. The standard InChI is InChI=1S/C20H16Cl2N2O4/c1-3-28-17-7-5-13(21)8-12(17)9-15-18(25)23-20(27)24(19(15)26)14-6-4-11(2)16(22)10-14/h4-10H,3H2,1-2H3,(H,23,25,27)/b15-9+. The van der Waals surface area contributed by atoms with E-state index in [9.17, 15) is 14.4 Å². The molecule has 0 aromatic heterocycles. The molecule has 0 radical (unpaired) electrons. The Labute approximate surface area is 171 Å². The number of hydrogen-bond acceptors (Lipinski definition) is 4. The molecule has 1 aliphatic rings. The zero-order valence-electron chi connectivity index (χ0n) is 15.1. The van der Waals surface area contributed by atoms with E-state index in [-0.39, 0.29) is 11.3 Å². The number of nitrogens with one attached hydrogen (secondary N) is 1. The SMILES string of the molecule is CCOc1ccc(Cl)cc1/C=C1\C(=O)NC(=O)N(c2ccc(C)c(Cl)c2)C1=O. The third kappa shape index (κ3) is 3.88. The first-order chi connectivity index (χ1) is 13.3. The van der Waals surface area contributed by atoms with Crippen LogP contribution < -0.4 is 15.0 Å². The summed E-state index contributed by atoms with van der Waals surface area (Å²) < 4.78 is 5.52. The number of anilines is 1. The topological polar surface area (TPSA) is 75.7 Å². The molecular formula is C20H16Cl2N2O4. The van der Waals surface area contributed by atoms with Crippen LogP contribution in [0.1, 0.15) is 18.1 Å². The molecule has 6 nitrogen and oxygen atoms in total. The molecule has 4 amide bonds. The Balaban J connectivity index is 2.06. The number of ether oxygens (including phenoxy) is 1. The summed E-state index contributed by atoms with van der Waals surface area (Å²) in [6, 6.07) is 8.77. The summed E-state index contributed by atoms with van der Waals surface area (Å²) in [6.45, 7) is 4.00. The number of urea groups is 1. The van der Waals surface area contributed by atoms with Gasteiger partial charge in [0.15, 0.2) is 0 Å². The summed E-state index contributed by atoms with van der Waals surface area (Å²) in [7, 11) is 0. The highest BCUT2D eigenvalue weighted by molar-refractivity contribution is 6.39. The van der Waals surface area contributed by atoms with Gasteiger partial charge in [0.1, 0.15) is 11.3 Å². The van der Waals surface area contributed by atoms with Crippen LogP contribution in [-0.2, 0) is 9.59 Å². The summed E-state index contributed by atoms with van der Waals surface area (Å²) in [5, 5.41) is 2.98. The largest absolute Gasteiger partial charge is 0.493 e. The van der Waals surface area contributed by atoms with Gasteiger partial charge in [0, 0.05) is 15.6 Å². The van der Waals surface area contributed by atoms with Crippen LogP contribution in [0.5, 0.6) is 5.75 Å². The van der Waals surface area contributed by atoms with Gasteiger partial charge >= 0.3 is 6.03 Å². The Morgan fingerprint density at radius 2 is 1.86 bits per heavy atom. The van der Waals surface area contributed by atoms with E-state index in [1.165, 1.54) is 12.1 Å². The average molecular weight is 419 g/mol. The molecule has 8 heteroatoms. The minimum atomic E-state index is -0.844. The van der Waals surface area contributed by atoms with E-state index in [4.69, 9.17) is 27.9 Å². The van der Waals surface area contributed by atoms with Crippen LogP contribution >= 0.6 is 23.2 Å². The van der Waals surface area contributed by atoms with Gasteiger partial charge in [-0.1, -0.05) is 29.3 Å². The van der Waals surface area contributed by atoms with E-state index in [0.29, 0.717) is 28.0 Å². The van der Waals surface area contributed by atoms with Crippen LogP contribution in [0.15, 0.2) is 42.0 Å². The first-order valence-corrected chi connectivity index (χ1v) is 9.17. The molecule has 0 aliphatic carbocycles. The number of hydrogen-bond donors (Lipinski definition) is 1. The Hall–Kier alpha value is -2.83. The van der Waals surface area contributed by atoms with Gasteiger partial charge in [0.25, 0.3) is 11.8 Å². The van der Waals surface area contributed by atoms with Crippen molar-refractivity contribution in [3.05, 3.63) is 63.1 Å². The summed E-state index contributed by atoms with van der Waals surface area (Å²) in [5.41, 5.74) is 1.28. The van der Waals surface area contributed by atoms with Crippen molar-refractivity contribution >= 4 is 52.8 Å². The molecular weight excluding hydrogens is 403 g/mol. The second kappa shape index (κ2) is 8.04. The van der Waals surface area contributed by atoms with Gasteiger partial charge in [0.05, 0.1) is 12.3 Å². The van der Waals surface area contributed by atoms with Crippen LogP contribution in [0.4, 0.5) is 10.5 Å². The van der Waals surface area contributed by atoms with Crippen molar-refractivity contribution in [2.45, 2.75) is 13.8 Å². The van der Waals surface area contributed by atoms with Crippen molar-refractivity contribution in [1.82, 2.24) is 5.32 Å². The molecule has 0 saturated carbocycles. The minimum absolute atomic E-state index is 0.223. The predicted octanol–water partition coefficient (Wildman–Crippen LogP) is 4.37. The molecule has 0 spiro atoms. The molecule has 3 rings (SSSR count).